The number of fused-ring (bicyclic) bond motifs is 1. The van der Waals surface area contributed by atoms with Gasteiger partial charge in [-0.05, 0) is 44.7 Å². The molecule has 0 spiro atoms. The first-order valence-electron chi connectivity index (χ1n) is 11.9. The highest BCUT2D eigenvalue weighted by atomic mass is 19.4. The normalized spacial score (nSPS) is 19.6. The minimum Gasteiger partial charge on any atom is -0.475 e. The SMILES string of the molecule is O=C(O)C(F)(F)F.O=C(O)C(F)(F)F.c1c(CN2CCCCC2)nc2n1CCN(CC1CCOCC1)C2. The Hall–Kier alpha value is -2.39. The molecule has 2 fully saturated rings. The highest BCUT2D eigenvalue weighted by Crippen LogP contribution is 2.21. The van der Waals surface area contributed by atoms with Crippen molar-refractivity contribution in [3.05, 3.63) is 17.7 Å². The van der Waals surface area contributed by atoms with E-state index in [-0.39, 0.29) is 0 Å². The van der Waals surface area contributed by atoms with Crippen molar-refractivity contribution in [1.82, 2.24) is 19.4 Å². The van der Waals surface area contributed by atoms with E-state index < -0.39 is 24.3 Å². The molecule has 1 aromatic rings. The molecule has 0 bridgehead atoms. The van der Waals surface area contributed by atoms with Crippen LogP contribution in [-0.4, -0.2) is 93.2 Å². The van der Waals surface area contributed by atoms with Gasteiger partial charge in [-0.2, -0.15) is 26.3 Å². The van der Waals surface area contributed by atoms with Crippen LogP contribution < -0.4 is 0 Å². The van der Waals surface area contributed by atoms with E-state index in [1.165, 1.54) is 69.8 Å². The number of carboxylic acids is 2. The molecule has 3 aliphatic heterocycles. The van der Waals surface area contributed by atoms with E-state index in [4.69, 9.17) is 29.5 Å². The zero-order valence-electron chi connectivity index (χ0n) is 20.2. The molecule has 4 rings (SSSR count). The first kappa shape index (κ1) is 30.8. The number of imidazole rings is 1. The standard InChI is InChI=1S/C18H30N4O.2C2HF3O2/c1-2-6-20(7-3-1)13-17-14-22-9-8-21(15-18(22)19-17)12-16-4-10-23-11-5-16;2*3-2(4,5)1(6)7/h14,16H,1-13,15H2;2*(H,6,7). The second kappa shape index (κ2) is 14.0. The number of aromatic nitrogens is 2. The average molecular weight is 547 g/mol. The monoisotopic (exact) mass is 546 g/mol. The maximum Gasteiger partial charge on any atom is 0.490 e. The Kier molecular flexibility index (Phi) is 11.6. The molecule has 0 unspecified atom stereocenters. The lowest BCUT2D eigenvalue weighted by Gasteiger charge is -2.32. The molecular weight excluding hydrogens is 514 g/mol. The van der Waals surface area contributed by atoms with Crippen molar-refractivity contribution in [2.45, 2.75) is 64.1 Å². The summed E-state index contributed by atoms with van der Waals surface area (Å²) in [5.74, 6) is -3.42. The number of nitrogens with zero attached hydrogens (tertiary/aromatic N) is 4. The molecule has 2 N–H and O–H groups in total. The average Bonchev–Trinajstić information content (AvgIpc) is 3.21. The van der Waals surface area contributed by atoms with Crippen molar-refractivity contribution in [1.29, 1.82) is 0 Å². The van der Waals surface area contributed by atoms with Crippen LogP contribution in [0.15, 0.2) is 6.20 Å². The van der Waals surface area contributed by atoms with E-state index in [0.29, 0.717) is 0 Å². The Morgan fingerprint density at radius 3 is 1.95 bits per heavy atom. The van der Waals surface area contributed by atoms with Crippen molar-refractivity contribution in [2.24, 2.45) is 5.92 Å². The predicted octanol–water partition coefficient (Wildman–Crippen LogP) is 3.38. The van der Waals surface area contributed by atoms with Gasteiger partial charge in [0.05, 0.1) is 12.2 Å². The van der Waals surface area contributed by atoms with Gasteiger partial charge in [0, 0.05) is 45.6 Å². The zero-order chi connectivity index (χ0) is 27.6. The third kappa shape index (κ3) is 11.3. The van der Waals surface area contributed by atoms with Crippen LogP contribution in [0.1, 0.15) is 43.6 Å². The van der Waals surface area contributed by atoms with Crippen LogP contribution in [0.4, 0.5) is 26.3 Å². The molecule has 0 aromatic carbocycles. The maximum atomic E-state index is 10.6. The Morgan fingerprint density at radius 1 is 0.892 bits per heavy atom. The zero-order valence-corrected chi connectivity index (χ0v) is 20.2. The number of carbonyl (C=O) groups is 2. The lowest BCUT2D eigenvalue weighted by molar-refractivity contribution is -0.193. The molecule has 4 heterocycles. The molecule has 37 heavy (non-hydrogen) atoms. The maximum absolute atomic E-state index is 10.6. The third-order valence-electron chi connectivity index (χ3n) is 6.11. The van der Waals surface area contributed by atoms with Crippen LogP contribution in [-0.2, 0) is 34.0 Å². The summed E-state index contributed by atoms with van der Waals surface area (Å²) in [6.07, 6.45) is -1.30. The van der Waals surface area contributed by atoms with Crippen LogP contribution in [0.25, 0.3) is 0 Å². The van der Waals surface area contributed by atoms with Gasteiger partial charge in [0.15, 0.2) is 0 Å². The number of ether oxygens (including phenoxy) is 1. The van der Waals surface area contributed by atoms with Gasteiger partial charge in [0.1, 0.15) is 5.82 Å². The van der Waals surface area contributed by atoms with Crippen LogP contribution in [0.5, 0.6) is 0 Å². The molecule has 2 saturated heterocycles. The number of carboxylic acid groups (broad SMARTS) is 2. The van der Waals surface area contributed by atoms with E-state index in [1.54, 1.807) is 0 Å². The van der Waals surface area contributed by atoms with E-state index in [1.807, 2.05) is 0 Å². The minimum absolute atomic E-state index is 0.818. The molecule has 15 heteroatoms. The number of likely N-dealkylation sites (tertiary alicyclic amines) is 1. The second-order valence-corrected chi connectivity index (χ2v) is 9.08. The largest absolute Gasteiger partial charge is 0.490 e. The topological polar surface area (TPSA) is 108 Å². The van der Waals surface area contributed by atoms with Gasteiger partial charge < -0.3 is 19.5 Å². The third-order valence-corrected chi connectivity index (χ3v) is 6.11. The molecule has 0 amide bonds. The molecule has 3 aliphatic rings. The second-order valence-electron chi connectivity index (χ2n) is 9.08. The Balaban J connectivity index is 0.000000286. The molecule has 1 aromatic heterocycles. The molecule has 9 nitrogen and oxygen atoms in total. The van der Waals surface area contributed by atoms with Gasteiger partial charge in [-0.25, -0.2) is 14.6 Å². The van der Waals surface area contributed by atoms with Gasteiger partial charge in [0.2, 0.25) is 0 Å². The number of aliphatic carboxylic acids is 2. The quantitative estimate of drug-likeness (QED) is 0.554. The van der Waals surface area contributed by atoms with Crippen LogP contribution in [0.3, 0.4) is 0 Å². The number of rotatable bonds is 4. The summed E-state index contributed by atoms with van der Waals surface area (Å²) in [7, 11) is 0. The summed E-state index contributed by atoms with van der Waals surface area (Å²) in [5, 5.41) is 14.2. The first-order valence-corrected chi connectivity index (χ1v) is 11.9. The summed E-state index contributed by atoms with van der Waals surface area (Å²) in [5.41, 5.74) is 1.27. The van der Waals surface area contributed by atoms with Crippen LogP contribution >= 0.6 is 0 Å². The summed E-state index contributed by atoms with van der Waals surface area (Å²) in [6.45, 7) is 9.96. The van der Waals surface area contributed by atoms with E-state index in [9.17, 15) is 26.3 Å². The molecule has 212 valence electrons. The highest BCUT2D eigenvalue weighted by Gasteiger charge is 2.38. The lowest BCUT2D eigenvalue weighted by atomic mass is 9.99. The predicted molar refractivity (Wildman–Crippen MR) is 118 cm³/mol. The Morgan fingerprint density at radius 2 is 1.43 bits per heavy atom. The summed E-state index contributed by atoms with van der Waals surface area (Å²) in [6, 6.07) is 0. The van der Waals surface area contributed by atoms with Gasteiger partial charge in [-0.1, -0.05) is 6.42 Å². The summed E-state index contributed by atoms with van der Waals surface area (Å²) >= 11 is 0. The van der Waals surface area contributed by atoms with E-state index in [0.717, 1.165) is 38.8 Å². The fourth-order valence-electron chi connectivity index (χ4n) is 4.23. The van der Waals surface area contributed by atoms with Crippen molar-refractivity contribution in [2.75, 3.05) is 39.4 Å². The van der Waals surface area contributed by atoms with Gasteiger partial charge in [0.25, 0.3) is 0 Å². The number of hydrogen-bond donors (Lipinski definition) is 2. The fourth-order valence-corrected chi connectivity index (χ4v) is 4.23. The number of alkyl halides is 6. The minimum atomic E-state index is -5.08. The number of hydrogen-bond acceptors (Lipinski definition) is 6. The van der Waals surface area contributed by atoms with E-state index >= 15 is 0 Å². The van der Waals surface area contributed by atoms with Crippen molar-refractivity contribution >= 4 is 11.9 Å². The van der Waals surface area contributed by atoms with Gasteiger partial charge in [-0.3, -0.25) is 9.80 Å². The molecule has 0 aliphatic carbocycles. The van der Waals surface area contributed by atoms with Gasteiger partial charge >= 0.3 is 24.3 Å². The van der Waals surface area contributed by atoms with Crippen molar-refractivity contribution in [3.63, 3.8) is 0 Å². The Labute approximate surface area is 210 Å². The fraction of sp³-hybridized carbons (Fsp3) is 0.773. The summed E-state index contributed by atoms with van der Waals surface area (Å²) < 4.78 is 71.3. The molecule has 0 atom stereocenters. The van der Waals surface area contributed by atoms with E-state index in [2.05, 4.69) is 20.6 Å². The first-order chi connectivity index (χ1) is 17.3. The van der Waals surface area contributed by atoms with Crippen molar-refractivity contribution in [3.8, 4) is 0 Å². The smallest absolute Gasteiger partial charge is 0.475 e. The molecular formula is C22H32F6N4O5. The number of piperidine rings is 1. The summed E-state index contributed by atoms with van der Waals surface area (Å²) in [4.78, 5) is 27.9. The highest BCUT2D eigenvalue weighted by molar-refractivity contribution is 5.73. The van der Waals surface area contributed by atoms with Crippen LogP contribution in [0.2, 0.25) is 0 Å². The van der Waals surface area contributed by atoms with Crippen LogP contribution in [0, 0.1) is 5.92 Å². The molecule has 0 radical (unpaired) electrons. The van der Waals surface area contributed by atoms with Gasteiger partial charge in [-0.15, -0.1) is 0 Å². The Bertz CT molecular complexity index is 841. The number of halogens is 6. The lowest BCUT2D eigenvalue weighted by Crippen LogP contribution is -2.38. The van der Waals surface area contributed by atoms with Crippen molar-refractivity contribution < 1.29 is 50.9 Å². The molecule has 0 saturated carbocycles.